The summed E-state index contributed by atoms with van der Waals surface area (Å²) in [6.07, 6.45) is 1.01. The third-order valence-electron chi connectivity index (χ3n) is 3.11. The maximum atomic E-state index is 13.9. The van der Waals surface area contributed by atoms with Crippen molar-refractivity contribution >= 4 is 11.9 Å². The lowest BCUT2D eigenvalue weighted by molar-refractivity contribution is -0.483. The first-order valence-electron chi connectivity index (χ1n) is 6.88. The first-order chi connectivity index (χ1) is 11.3. The molecule has 0 radical (unpaired) electrons. The van der Waals surface area contributed by atoms with Crippen LogP contribution < -0.4 is 5.32 Å². The summed E-state index contributed by atoms with van der Waals surface area (Å²) in [5.41, 5.74) is -0.412. The number of rotatable bonds is 7. The van der Waals surface area contributed by atoms with Gasteiger partial charge in [0.05, 0.1) is 13.0 Å². The van der Waals surface area contributed by atoms with Crippen molar-refractivity contribution in [2.45, 2.75) is 19.3 Å². The number of carbonyl (C=O) groups excluding carboxylic acids is 2. The van der Waals surface area contributed by atoms with Crippen molar-refractivity contribution in [3.05, 3.63) is 57.3 Å². The number of amides is 1. The van der Waals surface area contributed by atoms with Gasteiger partial charge in [-0.2, -0.15) is 0 Å². The lowest BCUT2D eigenvalue weighted by atomic mass is 9.94. The molecule has 24 heavy (non-hydrogen) atoms. The summed E-state index contributed by atoms with van der Waals surface area (Å²) in [7, 11) is 1.10. The average molecular weight is 342 g/mol. The van der Waals surface area contributed by atoms with E-state index in [-0.39, 0.29) is 17.7 Å². The van der Waals surface area contributed by atoms with E-state index in [2.05, 4.69) is 10.1 Å². The van der Waals surface area contributed by atoms with Gasteiger partial charge in [-0.15, -0.1) is 0 Å². The lowest BCUT2D eigenvalue weighted by Gasteiger charge is -2.13. The number of nitro groups is 1. The molecule has 7 nitrogen and oxygen atoms in total. The molecule has 0 aliphatic heterocycles. The maximum absolute atomic E-state index is 13.9. The summed E-state index contributed by atoms with van der Waals surface area (Å²) < 4.78 is 31.7. The first kappa shape index (κ1) is 19.2. The lowest BCUT2D eigenvalue weighted by Crippen LogP contribution is -2.26. The summed E-state index contributed by atoms with van der Waals surface area (Å²) in [4.78, 5) is 32.8. The molecular formula is C15H16F2N2O5. The zero-order valence-corrected chi connectivity index (χ0v) is 13.0. The van der Waals surface area contributed by atoms with E-state index in [0.29, 0.717) is 0 Å². The van der Waals surface area contributed by atoms with Gasteiger partial charge in [0.1, 0.15) is 5.70 Å². The van der Waals surface area contributed by atoms with Gasteiger partial charge < -0.3 is 10.1 Å². The van der Waals surface area contributed by atoms with Crippen molar-refractivity contribution in [3.8, 4) is 0 Å². The summed E-state index contributed by atoms with van der Waals surface area (Å²) in [5.74, 6) is -4.74. The van der Waals surface area contributed by atoms with Crippen LogP contribution in [0.25, 0.3) is 0 Å². The average Bonchev–Trinajstić information content (AvgIpc) is 2.51. The third-order valence-corrected chi connectivity index (χ3v) is 3.11. The molecule has 130 valence electrons. The highest BCUT2D eigenvalue weighted by molar-refractivity contribution is 5.93. The second-order valence-corrected chi connectivity index (χ2v) is 4.88. The Balaban J connectivity index is 3.14. The smallest absolute Gasteiger partial charge is 0.354 e. The van der Waals surface area contributed by atoms with Gasteiger partial charge >= 0.3 is 5.97 Å². The molecule has 0 aliphatic carbocycles. The first-order valence-corrected chi connectivity index (χ1v) is 6.88. The zero-order valence-electron chi connectivity index (χ0n) is 13.0. The predicted octanol–water partition coefficient (Wildman–Crippen LogP) is 1.91. The van der Waals surface area contributed by atoms with E-state index in [0.717, 1.165) is 20.1 Å². The van der Waals surface area contributed by atoms with E-state index >= 15 is 0 Å². The summed E-state index contributed by atoms with van der Waals surface area (Å²) >= 11 is 0. The van der Waals surface area contributed by atoms with E-state index in [1.807, 2.05) is 0 Å². The fourth-order valence-electron chi connectivity index (χ4n) is 2.06. The molecule has 0 saturated heterocycles. The molecule has 1 aromatic rings. The van der Waals surface area contributed by atoms with Gasteiger partial charge in [-0.3, -0.25) is 14.9 Å². The number of hydrogen-bond acceptors (Lipinski definition) is 5. The Kier molecular flexibility index (Phi) is 6.97. The third kappa shape index (κ3) is 5.41. The van der Waals surface area contributed by atoms with Crippen LogP contribution in [-0.2, 0) is 14.3 Å². The fraction of sp³-hybridized carbons (Fsp3) is 0.333. The molecule has 1 atom stereocenters. The topological polar surface area (TPSA) is 98.5 Å². The summed E-state index contributed by atoms with van der Waals surface area (Å²) in [6.45, 7) is 0.489. The molecule has 1 aromatic carbocycles. The standard InChI is InChI=1S/C15H16F2N2O5/c1-9(20)18-13(15(21)24-2)7-6-10(8-19(22)23)11-4-3-5-12(16)14(11)17/h3-5,7,10H,6,8H2,1-2H3,(H,18,20)/b13-7-/t10-/m1/s1. The van der Waals surface area contributed by atoms with Gasteiger partial charge in [0.2, 0.25) is 12.5 Å². The second-order valence-electron chi connectivity index (χ2n) is 4.88. The van der Waals surface area contributed by atoms with Gasteiger partial charge in [0.15, 0.2) is 11.6 Å². The number of esters is 1. The molecule has 1 rings (SSSR count). The monoisotopic (exact) mass is 342 g/mol. The van der Waals surface area contributed by atoms with Crippen LogP contribution in [-0.4, -0.2) is 30.5 Å². The highest BCUT2D eigenvalue weighted by atomic mass is 19.2. The molecule has 1 amide bonds. The van der Waals surface area contributed by atoms with Crippen LogP contribution in [0.5, 0.6) is 0 Å². The van der Waals surface area contributed by atoms with Crippen LogP contribution in [0.3, 0.4) is 0 Å². The Hall–Kier alpha value is -2.84. The minimum absolute atomic E-state index is 0.175. The van der Waals surface area contributed by atoms with E-state index < -0.39 is 40.9 Å². The summed E-state index contributed by atoms with van der Waals surface area (Å²) in [6, 6.07) is 3.37. The fourth-order valence-corrected chi connectivity index (χ4v) is 2.06. The van der Waals surface area contributed by atoms with Gasteiger partial charge in [0, 0.05) is 17.4 Å². The van der Waals surface area contributed by atoms with E-state index in [1.165, 1.54) is 18.2 Å². The predicted molar refractivity (Wildman–Crippen MR) is 79.5 cm³/mol. The number of halogens is 2. The van der Waals surface area contributed by atoms with Gasteiger partial charge in [0.25, 0.3) is 0 Å². The van der Waals surface area contributed by atoms with Gasteiger partial charge in [-0.05, 0) is 12.5 Å². The van der Waals surface area contributed by atoms with Crippen LogP contribution in [0, 0.1) is 21.7 Å². The van der Waals surface area contributed by atoms with Crippen molar-refractivity contribution in [1.29, 1.82) is 0 Å². The van der Waals surface area contributed by atoms with Gasteiger partial charge in [-0.25, -0.2) is 13.6 Å². The van der Waals surface area contributed by atoms with Crippen LogP contribution in [0.4, 0.5) is 8.78 Å². The number of methoxy groups -OCH3 is 1. The number of ether oxygens (including phenoxy) is 1. The molecule has 0 unspecified atom stereocenters. The highest BCUT2D eigenvalue weighted by Crippen LogP contribution is 2.25. The number of hydrogen-bond donors (Lipinski definition) is 1. The molecule has 0 spiro atoms. The number of benzene rings is 1. The number of nitrogens with one attached hydrogen (secondary N) is 1. The minimum Gasteiger partial charge on any atom is -0.464 e. The molecule has 9 heteroatoms. The molecule has 0 aromatic heterocycles. The quantitative estimate of drug-likeness (QED) is 0.353. The van der Waals surface area contributed by atoms with E-state index in [1.54, 1.807) is 0 Å². The van der Waals surface area contributed by atoms with Gasteiger partial charge in [-0.1, -0.05) is 18.2 Å². The maximum Gasteiger partial charge on any atom is 0.354 e. The molecule has 0 bridgehead atoms. The second kappa shape index (κ2) is 8.70. The van der Waals surface area contributed by atoms with E-state index in [9.17, 15) is 28.5 Å². The number of nitrogens with zero attached hydrogens (tertiary/aromatic N) is 1. The van der Waals surface area contributed by atoms with Crippen LogP contribution in [0.15, 0.2) is 30.0 Å². The SMILES string of the molecule is COC(=O)/C(=C/C[C@H](C[N+](=O)[O-])c1cccc(F)c1F)NC(C)=O. The molecule has 0 aliphatic rings. The van der Waals surface area contributed by atoms with Crippen LogP contribution in [0.1, 0.15) is 24.8 Å². The molecule has 0 heterocycles. The Morgan fingerprint density at radius 1 is 1.42 bits per heavy atom. The zero-order chi connectivity index (χ0) is 18.3. The molecule has 0 fully saturated rings. The molecule has 1 N–H and O–H groups in total. The number of allylic oxidation sites excluding steroid dienone is 1. The van der Waals surface area contributed by atoms with Crippen molar-refractivity contribution in [1.82, 2.24) is 5.32 Å². The normalized spacial score (nSPS) is 12.4. The van der Waals surface area contributed by atoms with Crippen LogP contribution in [0.2, 0.25) is 0 Å². The molecule has 0 saturated carbocycles. The molecular weight excluding hydrogens is 326 g/mol. The van der Waals surface area contributed by atoms with E-state index in [4.69, 9.17) is 0 Å². The van der Waals surface area contributed by atoms with Crippen molar-refractivity contribution in [2.75, 3.05) is 13.7 Å². The minimum atomic E-state index is -1.18. The number of carbonyl (C=O) groups is 2. The Morgan fingerprint density at radius 2 is 2.08 bits per heavy atom. The Bertz CT molecular complexity index is 676. The van der Waals surface area contributed by atoms with Crippen LogP contribution >= 0.6 is 0 Å². The largest absolute Gasteiger partial charge is 0.464 e. The Morgan fingerprint density at radius 3 is 2.62 bits per heavy atom. The van der Waals surface area contributed by atoms with Crippen molar-refractivity contribution in [3.63, 3.8) is 0 Å². The summed E-state index contributed by atoms with van der Waals surface area (Å²) in [5, 5.41) is 13.0. The van der Waals surface area contributed by atoms with Crippen molar-refractivity contribution < 1.29 is 28.0 Å². The van der Waals surface area contributed by atoms with Crippen molar-refractivity contribution in [2.24, 2.45) is 0 Å². The Labute approximate surface area is 136 Å². The highest BCUT2D eigenvalue weighted by Gasteiger charge is 2.23.